The second-order valence-electron chi connectivity index (χ2n) is 6.30. The fourth-order valence-corrected chi connectivity index (χ4v) is 3.37. The van der Waals surface area contributed by atoms with Crippen molar-refractivity contribution >= 4 is 28.4 Å². The molecule has 4 rings (SSSR count). The summed E-state index contributed by atoms with van der Waals surface area (Å²) in [5, 5.41) is 3.48. The van der Waals surface area contributed by atoms with Gasteiger partial charge in [-0.1, -0.05) is 18.2 Å². The van der Waals surface area contributed by atoms with Crippen molar-refractivity contribution in [3.63, 3.8) is 0 Å². The first kappa shape index (κ1) is 14.1. The number of hydrogen-bond acceptors (Lipinski definition) is 3. The molecule has 0 aliphatic carbocycles. The van der Waals surface area contributed by atoms with E-state index in [-0.39, 0.29) is 0 Å². The molecule has 118 valence electrons. The lowest BCUT2D eigenvalue weighted by Gasteiger charge is -2.21. The Labute approximate surface area is 136 Å². The summed E-state index contributed by atoms with van der Waals surface area (Å²) in [5.41, 5.74) is 5.93. The molecular formula is C19H22N4. The van der Waals surface area contributed by atoms with Crippen LogP contribution in [-0.2, 0) is 7.05 Å². The molecule has 23 heavy (non-hydrogen) atoms. The van der Waals surface area contributed by atoms with E-state index in [0.717, 1.165) is 35.8 Å². The van der Waals surface area contributed by atoms with E-state index in [1.165, 1.54) is 24.1 Å². The van der Waals surface area contributed by atoms with Gasteiger partial charge in [0, 0.05) is 31.5 Å². The first-order valence-electron chi connectivity index (χ1n) is 8.26. The van der Waals surface area contributed by atoms with Gasteiger partial charge in [-0.2, -0.15) is 0 Å². The molecular weight excluding hydrogens is 284 g/mol. The van der Waals surface area contributed by atoms with Gasteiger partial charge in [-0.05, 0) is 49.6 Å². The molecule has 0 saturated carbocycles. The SMILES string of the molecule is Cc1ccc(Nc2nc3ccccc3n2C)cc1N1CCCC1. The Morgan fingerprint density at radius 3 is 2.61 bits per heavy atom. The van der Waals surface area contributed by atoms with Gasteiger partial charge < -0.3 is 14.8 Å². The Morgan fingerprint density at radius 1 is 1.04 bits per heavy atom. The van der Waals surface area contributed by atoms with E-state index < -0.39 is 0 Å². The summed E-state index contributed by atoms with van der Waals surface area (Å²) in [4.78, 5) is 7.18. The van der Waals surface area contributed by atoms with E-state index >= 15 is 0 Å². The highest BCUT2D eigenvalue weighted by Gasteiger charge is 2.15. The fourth-order valence-electron chi connectivity index (χ4n) is 3.37. The topological polar surface area (TPSA) is 33.1 Å². The van der Waals surface area contributed by atoms with E-state index in [4.69, 9.17) is 4.98 Å². The van der Waals surface area contributed by atoms with Crippen molar-refractivity contribution in [2.24, 2.45) is 7.05 Å². The number of para-hydroxylation sites is 2. The average Bonchev–Trinajstić information content (AvgIpc) is 3.19. The van der Waals surface area contributed by atoms with Crippen LogP contribution in [-0.4, -0.2) is 22.6 Å². The molecule has 1 N–H and O–H groups in total. The molecule has 3 aromatic rings. The van der Waals surface area contributed by atoms with Crippen LogP contribution in [0.25, 0.3) is 11.0 Å². The van der Waals surface area contributed by atoms with E-state index in [0.29, 0.717) is 0 Å². The number of benzene rings is 2. The van der Waals surface area contributed by atoms with Gasteiger partial charge in [-0.25, -0.2) is 4.98 Å². The standard InChI is InChI=1S/C19H22N4/c1-14-9-10-15(13-18(14)23-11-5-6-12-23)20-19-21-16-7-3-4-8-17(16)22(19)2/h3-4,7-10,13H,5-6,11-12H2,1-2H3,(H,20,21). The normalized spacial score (nSPS) is 14.6. The third-order valence-corrected chi connectivity index (χ3v) is 4.70. The number of aryl methyl sites for hydroxylation is 2. The predicted molar refractivity (Wildman–Crippen MR) is 96.6 cm³/mol. The van der Waals surface area contributed by atoms with E-state index in [2.05, 4.69) is 46.0 Å². The van der Waals surface area contributed by atoms with Gasteiger partial charge in [0.05, 0.1) is 11.0 Å². The first-order valence-corrected chi connectivity index (χ1v) is 8.26. The van der Waals surface area contributed by atoms with Crippen molar-refractivity contribution in [3.8, 4) is 0 Å². The van der Waals surface area contributed by atoms with E-state index in [1.54, 1.807) is 0 Å². The lowest BCUT2D eigenvalue weighted by molar-refractivity contribution is 0.949. The lowest BCUT2D eigenvalue weighted by atomic mass is 10.1. The highest BCUT2D eigenvalue weighted by molar-refractivity contribution is 5.79. The van der Waals surface area contributed by atoms with Gasteiger partial charge >= 0.3 is 0 Å². The number of aromatic nitrogens is 2. The molecule has 0 atom stereocenters. The lowest BCUT2D eigenvalue weighted by Crippen LogP contribution is -2.18. The molecule has 0 spiro atoms. The number of rotatable bonds is 3. The van der Waals surface area contributed by atoms with Gasteiger partial charge in [0.1, 0.15) is 0 Å². The third kappa shape index (κ3) is 2.54. The first-order chi connectivity index (χ1) is 11.2. The minimum atomic E-state index is 0.877. The maximum atomic E-state index is 4.70. The van der Waals surface area contributed by atoms with Crippen molar-refractivity contribution in [2.45, 2.75) is 19.8 Å². The molecule has 4 nitrogen and oxygen atoms in total. The van der Waals surface area contributed by atoms with Crippen molar-refractivity contribution in [3.05, 3.63) is 48.0 Å². The van der Waals surface area contributed by atoms with E-state index in [1.807, 2.05) is 25.2 Å². The average molecular weight is 306 g/mol. The highest BCUT2D eigenvalue weighted by atomic mass is 15.2. The molecule has 1 fully saturated rings. The third-order valence-electron chi connectivity index (χ3n) is 4.70. The number of fused-ring (bicyclic) bond motifs is 1. The van der Waals surface area contributed by atoms with Crippen LogP contribution in [0.1, 0.15) is 18.4 Å². The Morgan fingerprint density at radius 2 is 1.83 bits per heavy atom. The molecule has 1 saturated heterocycles. The maximum Gasteiger partial charge on any atom is 0.208 e. The Kier molecular flexibility index (Phi) is 3.45. The van der Waals surface area contributed by atoms with Gasteiger partial charge in [0.25, 0.3) is 0 Å². The molecule has 0 amide bonds. The molecule has 1 aromatic heterocycles. The van der Waals surface area contributed by atoms with Crippen LogP contribution in [0, 0.1) is 6.92 Å². The zero-order chi connectivity index (χ0) is 15.8. The predicted octanol–water partition coefficient (Wildman–Crippen LogP) is 4.23. The van der Waals surface area contributed by atoms with Crippen molar-refractivity contribution in [1.82, 2.24) is 9.55 Å². The minimum Gasteiger partial charge on any atom is -0.371 e. The van der Waals surface area contributed by atoms with E-state index in [9.17, 15) is 0 Å². The monoisotopic (exact) mass is 306 g/mol. The molecule has 0 unspecified atom stereocenters. The van der Waals surface area contributed by atoms with Gasteiger partial charge in [0.15, 0.2) is 0 Å². The molecule has 0 radical (unpaired) electrons. The van der Waals surface area contributed by atoms with Gasteiger partial charge in [0.2, 0.25) is 5.95 Å². The summed E-state index contributed by atoms with van der Waals surface area (Å²) >= 11 is 0. The fraction of sp³-hybridized carbons (Fsp3) is 0.316. The number of anilines is 3. The maximum absolute atomic E-state index is 4.70. The quantitative estimate of drug-likeness (QED) is 0.786. The van der Waals surface area contributed by atoms with Crippen LogP contribution in [0.15, 0.2) is 42.5 Å². The second-order valence-corrected chi connectivity index (χ2v) is 6.30. The van der Waals surface area contributed by atoms with Crippen LogP contribution in [0.2, 0.25) is 0 Å². The van der Waals surface area contributed by atoms with Crippen LogP contribution in [0.5, 0.6) is 0 Å². The summed E-state index contributed by atoms with van der Waals surface area (Å²) < 4.78 is 2.10. The summed E-state index contributed by atoms with van der Waals surface area (Å²) in [6, 6.07) is 14.8. The number of nitrogens with one attached hydrogen (secondary N) is 1. The molecule has 1 aliphatic heterocycles. The van der Waals surface area contributed by atoms with Crippen molar-refractivity contribution < 1.29 is 0 Å². The number of nitrogens with zero attached hydrogens (tertiary/aromatic N) is 3. The number of hydrogen-bond donors (Lipinski definition) is 1. The number of imidazole rings is 1. The van der Waals surface area contributed by atoms with Crippen molar-refractivity contribution in [2.75, 3.05) is 23.3 Å². The minimum absolute atomic E-state index is 0.877. The Hall–Kier alpha value is -2.49. The summed E-state index contributed by atoms with van der Waals surface area (Å²) in [6.45, 7) is 4.51. The van der Waals surface area contributed by atoms with Crippen LogP contribution < -0.4 is 10.2 Å². The summed E-state index contributed by atoms with van der Waals surface area (Å²) in [5.74, 6) is 0.877. The zero-order valence-corrected chi connectivity index (χ0v) is 13.7. The van der Waals surface area contributed by atoms with Crippen LogP contribution >= 0.6 is 0 Å². The molecule has 2 aromatic carbocycles. The summed E-state index contributed by atoms with van der Waals surface area (Å²) in [7, 11) is 2.05. The Bertz CT molecular complexity index is 844. The second kappa shape index (κ2) is 5.61. The van der Waals surface area contributed by atoms with Gasteiger partial charge in [-0.3, -0.25) is 0 Å². The van der Waals surface area contributed by atoms with Crippen LogP contribution in [0.3, 0.4) is 0 Å². The highest BCUT2D eigenvalue weighted by Crippen LogP contribution is 2.29. The van der Waals surface area contributed by atoms with Crippen LogP contribution in [0.4, 0.5) is 17.3 Å². The smallest absolute Gasteiger partial charge is 0.208 e. The zero-order valence-electron chi connectivity index (χ0n) is 13.7. The molecule has 1 aliphatic rings. The Balaban J connectivity index is 1.67. The molecule has 0 bridgehead atoms. The van der Waals surface area contributed by atoms with Gasteiger partial charge in [-0.15, -0.1) is 0 Å². The summed E-state index contributed by atoms with van der Waals surface area (Å²) in [6.07, 6.45) is 2.59. The largest absolute Gasteiger partial charge is 0.371 e. The molecule has 4 heteroatoms. The van der Waals surface area contributed by atoms with Crippen molar-refractivity contribution in [1.29, 1.82) is 0 Å². The molecule has 2 heterocycles.